The molecule has 0 saturated carbocycles. The average Bonchev–Trinajstić information content (AvgIpc) is 3.08. The number of rotatable bonds is 2. The van der Waals surface area contributed by atoms with E-state index in [4.69, 9.17) is 15.5 Å². The molecule has 4 heterocycles. The Morgan fingerprint density at radius 2 is 1.97 bits per heavy atom. The summed E-state index contributed by atoms with van der Waals surface area (Å²) in [6.45, 7) is 8.35. The van der Waals surface area contributed by atoms with Crippen LogP contribution in [-0.2, 0) is 28.3 Å². The van der Waals surface area contributed by atoms with Crippen LogP contribution in [0.25, 0.3) is 22.3 Å². The normalized spacial score (nSPS) is 19.5. The van der Waals surface area contributed by atoms with Crippen molar-refractivity contribution in [2.45, 2.75) is 51.7 Å². The van der Waals surface area contributed by atoms with Crippen molar-refractivity contribution in [1.29, 1.82) is 0 Å². The summed E-state index contributed by atoms with van der Waals surface area (Å²) < 4.78 is 21.0. The van der Waals surface area contributed by atoms with Crippen LogP contribution in [0, 0.1) is 5.82 Å². The molecule has 3 N–H and O–H groups in total. The van der Waals surface area contributed by atoms with Gasteiger partial charge in [0.15, 0.2) is 5.60 Å². The number of hydrogen-bond donors (Lipinski definition) is 2. The van der Waals surface area contributed by atoms with Crippen molar-refractivity contribution in [1.82, 2.24) is 9.55 Å². The molecule has 0 amide bonds. The topological polar surface area (TPSA) is 107 Å². The number of nitrogens with zero attached hydrogens (tertiary/aromatic N) is 2. The fourth-order valence-electron chi connectivity index (χ4n) is 4.97. The van der Waals surface area contributed by atoms with Crippen molar-refractivity contribution in [2.75, 3.05) is 5.73 Å². The lowest BCUT2D eigenvalue weighted by Crippen LogP contribution is -2.44. The van der Waals surface area contributed by atoms with Crippen LogP contribution >= 0.6 is 0 Å². The third-order valence-electron chi connectivity index (χ3n) is 6.56. The number of benzene rings is 1. The summed E-state index contributed by atoms with van der Waals surface area (Å²) in [5.41, 5.74) is 6.76. The van der Waals surface area contributed by atoms with E-state index in [0.29, 0.717) is 23.4 Å². The van der Waals surface area contributed by atoms with Gasteiger partial charge < -0.3 is 20.1 Å². The smallest absolute Gasteiger partial charge is 0.343 e. The Morgan fingerprint density at radius 3 is 2.62 bits per heavy atom. The molecule has 0 radical (unpaired) electrons. The van der Waals surface area contributed by atoms with E-state index in [1.54, 1.807) is 23.6 Å². The second kappa shape index (κ2) is 6.49. The number of nitrogens with two attached hydrogens (primary N) is 1. The molecule has 0 bridgehead atoms. The van der Waals surface area contributed by atoms with Crippen molar-refractivity contribution < 1.29 is 19.0 Å². The Kier molecular flexibility index (Phi) is 4.22. The maximum Gasteiger partial charge on any atom is 0.343 e. The molecule has 9 heteroatoms. The molecule has 1 atom stereocenters. The SMILES string of the molecule is CC[C@]1(O)C(=O)OCc2c1cc1n(c2=O)Cc2c-1nc1cc(F)c(N)cc1c2[Si](C)(C)C. The van der Waals surface area contributed by atoms with E-state index in [2.05, 4.69) is 19.6 Å². The minimum Gasteiger partial charge on any atom is -0.458 e. The molecule has 0 saturated heterocycles. The Balaban J connectivity index is 1.88. The van der Waals surface area contributed by atoms with Gasteiger partial charge in [0.25, 0.3) is 5.56 Å². The number of esters is 1. The van der Waals surface area contributed by atoms with Gasteiger partial charge in [0.1, 0.15) is 12.4 Å². The molecule has 3 aromatic rings. The van der Waals surface area contributed by atoms with E-state index >= 15 is 0 Å². The number of carbonyl (C=O) groups is 1. The maximum atomic E-state index is 14.3. The molecule has 32 heavy (non-hydrogen) atoms. The van der Waals surface area contributed by atoms with Gasteiger partial charge in [0.2, 0.25) is 0 Å². The average molecular weight is 454 g/mol. The van der Waals surface area contributed by atoms with Gasteiger partial charge in [-0.3, -0.25) is 4.79 Å². The van der Waals surface area contributed by atoms with E-state index in [9.17, 15) is 19.1 Å². The molecule has 166 valence electrons. The summed E-state index contributed by atoms with van der Waals surface area (Å²) in [5, 5.41) is 12.9. The Morgan fingerprint density at radius 1 is 1.25 bits per heavy atom. The number of fused-ring (bicyclic) bond motifs is 5. The number of aliphatic hydroxyl groups is 1. The van der Waals surface area contributed by atoms with Crippen molar-refractivity contribution in [3.05, 3.63) is 51.1 Å². The van der Waals surface area contributed by atoms with Crippen LogP contribution in [-0.4, -0.2) is 28.7 Å². The van der Waals surface area contributed by atoms with Gasteiger partial charge >= 0.3 is 5.97 Å². The van der Waals surface area contributed by atoms with Gasteiger partial charge in [-0.15, -0.1) is 0 Å². The lowest BCUT2D eigenvalue weighted by molar-refractivity contribution is -0.172. The lowest BCUT2D eigenvalue weighted by Gasteiger charge is -2.31. The first-order valence-electron chi connectivity index (χ1n) is 10.6. The summed E-state index contributed by atoms with van der Waals surface area (Å²) in [4.78, 5) is 30.5. The van der Waals surface area contributed by atoms with Crippen molar-refractivity contribution in [3.63, 3.8) is 0 Å². The highest BCUT2D eigenvalue weighted by molar-refractivity contribution is 6.90. The molecule has 2 aliphatic rings. The number of carbonyl (C=O) groups excluding carboxylic acids is 1. The Bertz CT molecular complexity index is 1410. The molecule has 0 fully saturated rings. The Hall–Kier alpha value is -3.04. The van der Waals surface area contributed by atoms with Gasteiger partial charge in [0.05, 0.1) is 42.8 Å². The van der Waals surface area contributed by atoms with Crippen LogP contribution in [0.5, 0.6) is 0 Å². The largest absolute Gasteiger partial charge is 0.458 e. The van der Waals surface area contributed by atoms with E-state index < -0.39 is 25.5 Å². The molecule has 5 rings (SSSR count). The van der Waals surface area contributed by atoms with Crippen LogP contribution in [0.2, 0.25) is 19.6 Å². The number of anilines is 1. The number of nitrogen functional groups attached to an aromatic ring is 1. The molecule has 2 aliphatic heterocycles. The van der Waals surface area contributed by atoms with Crippen molar-refractivity contribution >= 4 is 35.8 Å². The summed E-state index contributed by atoms with van der Waals surface area (Å²) >= 11 is 0. The van der Waals surface area contributed by atoms with E-state index in [1.165, 1.54) is 6.07 Å². The van der Waals surface area contributed by atoms with E-state index in [0.717, 1.165) is 16.1 Å². The van der Waals surface area contributed by atoms with Crippen LogP contribution < -0.4 is 16.5 Å². The van der Waals surface area contributed by atoms with Gasteiger partial charge in [0, 0.05) is 17.0 Å². The predicted octanol–water partition coefficient (Wildman–Crippen LogP) is 2.35. The van der Waals surface area contributed by atoms with Crippen molar-refractivity contribution in [2.24, 2.45) is 0 Å². The van der Waals surface area contributed by atoms with Gasteiger partial charge in [-0.2, -0.15) is 0 Å². The molecule has 0 spiro atoms. The van der Waals surface area contributed by atoms with Crippen LogP contribution in [0.1, 0.15) is 30.0 Å². The van der Waals surface area contributed by atoms with Crippen LogP contribution in [0.3, 0.4) is 0 Å². The van der Waals surface area contributed by atoms with E-state index in [-0.39, 0.29) is 35.4 Å². The second-order valence-electron chi connectivity index (χ2n) is 9.56. The first-order valence-corrected chi connectivity index (χ1v) is 14.1. The lowest BCUT2D eigenvalue weighted by atomic mass is 9.86. The molecular weight excluding hydrogens is 429 g/mol. The highest BCUT2D eigenvalue weighted by Gasteiger charge is 2.45. The molecule has 7 nitrogen and oxygen atoms in total. The highest BCUT2D eigenvalue weighted by Crippen LogP contribution is 2.39. The number of pyridine rings is 2. The minimum absolute atomic E-state index is 0.0607. The first kappa shape index (κ1) is 20.8. The van der Waals surface area contributed by atoms with Crippen molar-refractivity contribution in [3.8, 4) is 11.4 Å². The first-order chi connectivity index (χ1) is 15.0. The van der Waals surface area contributed by atoms with Gasteiger partial charge in [-0.1, -0.05) is 26.6 Å². The van der Waals surface area contributed by atoms with Gasteiger partial charge in [-0.05, 0) is 29.3 Å². The van der Waals surface area contributed by atoms with Gasteiger partial charge in [-0.25, -0.2) is 14.2 Å². The number of halogens is 1. The molecule has 2 aromatic heterocycles. The van der Waals surface area contributed by atoms with E-state index in [1.807, 2.05) is 0 Å². The quantitative estimate of drug-likeness (QED) is 0.274. The molecule has 0 unspecified atom stereocenters. The standard InChI is InChI=1S/C23H24FN3O4Si/c1-5-23(30)14-7-18-19-12(9-27(18)21(28)13(14)10-31-22(23)29)20(32(2,3)4)11-6-16(25)15(24)8-17(11)26-19/h6-8,30H,5,9-10,25H2,1-4H3/t23-/m1/s1. The Labute approximate surface area is 184 Å². The molecular formula is C23H24FN3O4Si. The fraction of sp³-hybridized carbons (Fsp3) is 0.348. The number of hydrogen-bond acceptors (Lipinski definition) is 6. The summed E-state index contributed by atoms with van der Waals surface area (Å²) in [6.07, 6.45) is 0.0738. The zero-order valence-corrected chi connectivity index (χ0v) is 19.4. The summed E-state index contributed by atoms with van der Waals surface area (Å²) in [6, 6.07) is 4.63. The summed E-state index contributed by atoms with van der Waals surface area (Å²) in [7, 11) is -1.99. The van der Waals surface area contributed by atoms with Crippen LogP contribution in [0.15, 0.2) is 23.0 Å². The third kappa shape index (κ3) is 2.64. The second-order valence-corrected chi connectivity index (χ2v) is 14.6. The zero-order valence-electron chi connectivity index (χ0n) is 18.4. The fourth-order valence-corrected chi connectivity index (χ4v) is 7.09. The number of ether oxygens (including phenoxy) is 1. The monoisotopic (exact) mass is 453 g/mol. The highest BCUT2D eigenvalue weighted by atomic mass is 28.3. The summed E-state index contributed by atoms with van der Waals surface area (Å²) in [5.74, 6) is -1.31. The predicted molar refractivity (Wildman–Crippen MR) is 122 cm³/mol. The van der Waals surface area contributed by atoms with Crippen LogP contribution in [0.4, 0.5) is 10.1 Å². The maximum absolute atomic E-state index is 14.3. The number of aromatic nitrogens is 2. The molecule has 0 aliphatic carbocycles. The third-order valence-corrected chi connectivity index (χ3v) is 8.63. The minimum atomic E-state index is -1.99. The zero-order chi connectivity index (χ0) is 23.2. The number of cyclic esters (lactones) is 1. The molecule has 1 aromatic carbocycles.